The number of nitrogens with one attached hydrogen (secondary N) is 1. The molecule has 3 aromatic carbocycles. The second kappa shape index (κ2) is 6.70. The lowest BCUT2D eigenvalue weighted by Crippen LogP contribution is -1.85. The van der Waals surface area contributed by atoms with E-state index < -0.39 is 0 Å². The normalized spacial score (nSPS) is 11.2. The molecule has 0 unspecified atom stereocenters. The van der Waals surface area contributed by atoms with Gasteiger partial charge in [-0.25, -0.2) is 4.98 Å². The molecule has 2 aromatic heterocycles. The first-order valence-electron chi connectivity index (χ1n) is 9.10. The molecule has 5 aromatic rings. The molecule has 0 aliphatic carbocycles. The Kier molecular flexibility index (Phi) is 4.03. The van der Waals surface area contributed by atoms with Crippen LogP contribution < -0.4 is 0 Å². The molecule has 0 aliphatic heterocycles. The summed E-state index contributed by atoms with van der Waals surface area (Å²) in [7, 11) is 0. The van der Waals surface area contributed by atoms with Gasteiger partial charge < -0.3 is 9.40 Å². The Morgan fingerprint density at radius 3 is 2.32 bits per heavy atom. The molecule has 0 aliphatic rings. The standard InChI is InChI=1S/C24H17ClN2O/c1-15-26-23(17-11-13-18(25)14-12-17)24(28-15)21-19-9-5-6-10-20(19)27-22(21)16-7-3-2-4-8-16/h2-14,27H,1H3. The molecule has 1 N–H and O–H groups in total. The maximum absolute atomic E-state index is 6.15. The van der Waals surface area contributed by atoms with Crippen LogP contribution in [0.4, 0.5) is 0 Å². The third-order valence-corrected chi connectivity index (χ3v) is 5.10. The van der Waals surface area contributed by atoms with Crippen LogP contribution in [0.3, 0.4) is 0 Å². The van der Waals surface area contributed by atoms with E-state index in [1.165, 1.54) is 0 Å². The van der Waals surface area contributed by atoms with E-state index in [0.717, 1.165) is 44.7 Å². The zero-order chi connectivity index (χ0) is 19.1. The number of rotatable bonds is 3. The van der Waals surface area contributed by atoms with Gasteiger partial charge in [-0.1, -0.05) is 72.3 Å². The van der Waals surface area contributed by atoms with Gasteiger partial charge in [0.25, 0.3) is 0 Å². The number of halogens is 1. The topological polar surface area (TPSA) is 41.8 Å². The summed E-state index contributed by atoms with van der Waals surface area (Å²) < 4.78 is 6.15. The molecule has 0 saturated carbocycles. The van der Waals surface area contributed by atoms with Gasteiger partial charge in [-0.15, -0.1) is 0 Å². The molecule has 5 rings (SSSR count). The summed E-state index contributed by atoms with van der Waals surface area (Å²) >= 11 is 6.08. The van der Waals surface area contributed by atoms with E-state index in [2.05, 4.69) is 34.2 Å². The highest BCUT2D eigenvalue weighted by Crippen LogP contribution is 2.42. The van der Waals surface area contributed by atoms with Crippen LogP contribution in [0.5, 0.6) is 0 Å². The molecule has 2 heterocycles. The fourth-order valence-electron chi connectivity index (χ4n) is 3.60. The van der Waals surface area contributed by atoms with E-state index in [1.54, 1.807) is 0 Å². The molecule has 0 bridgehead atoms. The van der Waals surface area contributed by atoms with Gasteiger partial charge in [0.05, 0.1) is 11.3 Å². The van der Waals surface area contributed by atoms with Crippen molar-refractivity contribution in [2.45, 2.75) is 6.92 Å². The number of fused-ring (bicyclic) bond motifs is 1. The highest BCUT2D eigenvalue weighted by Gasteiger charge is 2.23. The van der Waals surface area contributed by atoms with Gasteiger partial charge in [-0.05, 0) is 23.8 Å². The fourth-order valence-corrected chi connectivity index (χ4v) is 3.73. The minimum atomic E-state index is 0.629. The summed E-state index contributed by atoms with van der Waals surface area (Å²) in [5, 5.41) is 1.80. The number of aromatic amines is 1. The van der Waals surface area contributed by atoms with Crippen LogP contribution in [0.15, 0.2) is 83.3 Å². The Hall–Kier alpha value is -3.30. The van der Waals surface area contributed by atoms with Crippen LogP contribution in [0.1, 0.15) is 5.89 Å². The number of hydrogen-bond acceptors (Lipinski definition) is 2. The Morgan fingerprint density at radius 1 is 0.821 bits per heavy atom. The van der Waals surface area contributed by atoms with E-state index in [0.29, 0.717) is 10.9 Å². The summed E-state index contributed by atoms with van der Waals surface area (Å²) in [5.74, 6) is 1.39. The van der Waals surface area contributed by atoms with E-state index in [4.69, 9.17) is 16.0 Å². The van der Waals surface area contributed by atoms with Crippen LogP contribution in [0, 0.1) is 6.92 Å². The molecule has 0 spiro atoms. The van der Waals surface area contributed by atoms with Gasteiger partial charge in [0.1, 0.15) is 5.69 Å². The number of benzene rings is 3. The highest BCUT2D eigenvalue weighted by molar-refractivity contribution is 6.30. The van der Waals surface area contributed by atoms with Gasteiger partial charge in [0.2, 0.25) is 0 Å². The summed E-state index contributed by atoms with van der Waals surface area (Å²) in [6, 6.07) is 26.2. The predicted molar refractivity (Wildman–Crippen MR) is 114 cm³/mol. The predicted octanol–water partition coefficient (Wildman–Crippen LogP) is 7.12. The zero-order valence-corrected chi connectivity index (χ0v) is 16.0. The number of aromatic nitrogens is 2. The number of oxazole rings is 1. The maximum atomic E-state index is 6.15. The highest BCUT2D eigenvalue weighted by atomic mass is 35.5. The first-order chi connectivity index (χ1) is 13.7. The van der Waals surface area contributed by atoms with Gasteiger partial charge in [-0.2, -0.15) is 0 Å². The molecule has 4 heteroatoms. The Bertz CT molecular complexity index is 1270. The molecule has 0 fully saturated rings. The fraction of sp³-hybridized carbons (Fsp3) is 0.0417. The number of nitrogens with zero attached hydrogens (tertiary/aromatic N) is 1. The minimum Gasteiger partial charge on any atom is -0.440 e. The third-order valence-electron chi connectivity index (χ3n) is 4.85. The van der Waals surface area contributed by atoms with Crippen molar-refractivity contribution in [1.29, 1.82) is 0 Å². The number of H-pyrrole nitrogens is 1. The van der Waals surface area contributed by atoms with Gasteiger partial charge in [0, 0.05) is 28.4 Å². The van der Waals surface area contributed by atoms with Crippen molar-refractivity contribution in [3.05, 3.63) is 89.8 Å². The smallest absolute Gasteiger partial charge is 0.192 e. The van der Waals surface area contributed by atoms with Crippen LogP contribution in [-0.2, 0) is 0 Å². The first-order valence-corrected chi connectivity index (χ1v) is 9.48. The van der Waals surface area contributed by atoms with Crippen LogP contribution in [0.25, 0.3) is 44.7 Å². The lowest BCUT2D eigenvalue weighted by atomic mass is 10.00. The molecule has 0 radical (unpaired) electrons. The molecule has 136 valence electrons. The SMILES string of the molecule is Cc1nc(-c2ccc(Cl)cc2)c(-c2c(-c3ccccc3)[nH]c3ccccc23)o1. The average molecular weight is 385 g/mol. The minimum absolute atomic E-state index is 0.629. The average Bonchev–Trinajstić information content (AvgIpc) is 3.29. The first kappa shape index (κ1) is 16.8. The maximum Gasteiger partial charge on any atom is 0.192 e. The second-order valence-electron chi connectivity index (χ2n) is 6.70. The lowest BCUT2D eigenvalue weighted by molar-refractivity contribution is 0.535. The Labute approximate surface area is 167 Å². The van der Waals surface area contributed by atoms with Crippen molar-refractivity contribution in [2.75, 3.05) is 0 Å². The van der Waals surface area contributed by atoms with E-state index in [9.17, 15) is 0 Å². The van der Waals surface area contributed by atoms with Crippen LogP contribution >= 0.6 is 11.6 Å². The zero-order valence-electron chi connectivity index (χ0n) is 15.2. The van der Waals surface area contributed by atoms with Crippen molar-refractivity contribution in [3.63, 3.8) is 0 Å². The Morgan fingerprint density at radius 2 is 1.54 bits per heavy atom. The lowest BCUT2D eigenvalue weighted by Gasteiger charge is -2.05. The van der Waals surface area contributed by atoms with Crippen molar-refractivity contribution in [3.8, 4) is 33.8 Å². The second-order valence-corrected chi connectivity index (χ2v) is 7.14. The third kappa shape index (κ3) is 2.81. The van der Waals surface area contributed by atoms with Crippen molar-refractivity contribution in [2.24, 2.45) is 0 Å². The summed E-state index contributed by atoms with van der Waals surface area (Å²) in [4.78, 5) is 8.25. The summed E-state index contributed by atoms with van der Waals surface area (Å²) in [6.07, 6.45) is 0. The van der Waals surface area contributed by atoms with Crippen LogP contribution in [0.2, 0.25) is 5.02 Å². The van der Waals surface area contributed by atoms with Crippen molar-refractivity contribution >= 4 is 22.5 Å². The number of para-hydroxylation sites is 1. The molecule has 0 saturated heterocycles. The van der Waals surface area contributed by atoms with Crippen LogP contribution in [-0.4, -0.2) is 9.97 Å². The van der Waals surface area contributed by atoms with Gasteiger partial charge in [-0.3, -0.25) is 0 Å². The number of aryl methyl sites for hydroxylation is 1. The Balaban J connectivity index is 1.82. The van der Waals surface area contributed by atoms with Gasteiger partial charge >= 0.3 is 0 Å². The quantitative estimate of drug-likeness (QED) is 0.360. The molecular formula is C24H17ClN2O. The molecule has 0 atom stereocenters. The monoisotopic (exact) mass is 384 g/mol. The summed E-state index contributed by atoms with van der Waals surface area (Å²) in [5.41, 5.74) is 5.99. The largest absolute Gasteiger partial charge is 0.440 e. The van der Waals surface area contributed by atoms with E-state index >= 15 is 0 Å². The molecule has 28 heavy (non-hydrogen) atoms. The molecular weight excluding hydrogens is 368 g/mol. The van der Waals surface area contributed by atoms with E-state index in [-0.39, 0.29) is 0 Å². The van der Waals surface area contributed by atoms with Crippen molar-refractivity contribution < 1.29 is 4.42 Å². The molecule has 3 nitrogen and oxygen atoms in total. The number of hydrogen-bond donors (Lipinski definition) is 1. The summed E-state index contributed by atoms with van der Waals surface area (Å²) in [6.45, 7) is 1.87. The van der Waals surface area contributed by atoms with Gasteiger partial charge in [0.15, 0.2) is 11.7 Å². The van der Waals surface area contributed by atoms with E-state index in [1.807, 2.05) is 61.5 Å². The van der Waals surface area contributed by atoms with Crippen molar-refractivity contribution in [1.82, 2.24) is 9.97 Å². The molecule has 0 amide bonds.